The Morgan fingerprint density at radius 3 is 2.36 bits per heavy atom. The Labute approximate surface area is 149 Å². The molecule has 0 fully saturated rings. The van der Waals surface area contributed by atoms with E-state index in [9.17, 15) is 4.79 Å². The highest BCUT2D eigenvalue weighted by atomic mass is 16.1. The van der Waals surface area contributed by atoms with E-state index in [4.69, 9.17) is 0 Å². The summed E-state index contributed by atoms with van der Waals surface area (Å²) in [7, 11) is 1.63. The topological polar surface area (TPSA) is 65.5 Å². The SMILES string of the molecule is CCNC(=NCc1ccc(C(=O)NC)cc1)NC(C)c1ccccc1. The van der Waals surface area contributed by atoms with Crippen LogP contribution in [-0.4, -0.2) is 25.5 Å². The molecule has 2 rings (SSSR count). The number of nitrogens with one attached hydrogen (secondary N) is 3. The Kier molecular flexibility index (Phi) is 7.01. The van der Waals surface area contributed by atoms with Gasteiger partial charge in [-0.1, -0.05) is 42.5 Å². The zero-order chi connectivity index (χ0) is 18.1. The van der Waals surface area contributed by atoms with Gasteiger partial charge in [-0.2, -0.15) is 0 Å². The molecular formula is C20H26N4O. The van der Waals surface area contributed by atoms with Crippen LogP contribution in [0.2, 0.25) is 0 Å². The summed E-state index contributed by atoms with van der Waals surface area (Å²) in [4.78, 5) is 16.2. The van der Waals surface area contributed by atoms with E-state index in [-0.39, 0.29) is 11.9 Å². The van der Waals surface area contributed by atoms with Crippen molar-refractivity contribution in [2.45, 2.75) is 26.4 Å². The summed E-state index contributed by atoms with van der Waals surface area (Å²) in [6.45, 7) is 5.50. The lowest BCUT2D eigenvalue weighted by atomic mass is 10.1. The fourth-order valence-corrected chi connectivity index (χ4v) is 2.43. The standard InChI is InChI=1S/C20H26N4O/c1-4-22-20(24-15(2)17-8-6-5-7-9-17)23-14-16-10-12-18(13-11-16)19(25)21-3/h5-13,15H,4,14H2,1-3H3,(H,21,25)(H2,22,23,24). The van der Waals surface area contributed by atoms with E-state index in [1.165, 1.54) is 5.56 Å². The second-order valence-corrected chi connectivity index (χ2v) is 5.75. The van der Waals surface area contributed by atoms with Crippen LogP contribution in [-0.2, 0) is 6.54 Å². The number of benzene rings is 2. The fourth-order valence-electron chi connectivity index (χ4n) is 2.43. The van der Waals surface area contributed by atoms with Crippen LogP contribution in [0.4, 0.5) is 0 Å². The highest BCUT2D eigenvalue weighted by Crippen LogP contribution is 2.11. The summed E-state index contributed by atoms with van der Waals surface area (Å²) < 4.78 is 0. The highest BCUT2D eigenvalue weighted by molar-refractivity contribution is 5.93. The first kappa shape index (κ1) is 18.5. The number of hydrogen-bond donors (Lipinski definition) is 3. The molecule has 0 saturated heterocycles. The molecule has 0 aliphatic heterocycles. The van der Waals surface area contributed by atoms with Crippen LogP contribution in [0.5, 0.6) is 0 Å². The van der Waals surface area contributed by atoms with E-state index >= 15 is 0 Å². The smallest absolute Gasteiger partial charge is 0.251 e. The first-order valence-corrected chi connectivity index (χ1v) is 8.54. The molecular weight excluding hydrogens is 312 g/mol. The second kappa shape index (κ2) is 9.47. The first-order chi connectivity index (χ1) is 12.1. The van der Waals surface area contributed by atoms with Crippen LogP contribution < -0.4 is 16.0 Å². The molecule has 1 amide bonds. The van der Waals surface area contributed by atoms with E-state index in [1.807, 2.05) is 49.4 Å². The number of carbonyl (C=O) groups is 1. The molecule has 0 aliphatic carbocycles. The highest BCUT2D eigenvalue weighted by Gasteiger charge is 2.07. The predicted octanol–water partition coefficient (Wildman–Crippen LogP) is 2.86. The summed E-state index contributed by atoms with van der Waals surface area (Å²) in [6.07, 6.45) is 0. The zero-order valence-corrected chi connectivity index (χ0v) is 15.0. The van der Waals surface area contributed by atoms with Crippen LogP contribution >= 0.6 is 0 Å². The first-order valence-electron chi connectivity index (χ1n) is 8.54. The second-order valence-electron chi connectivity index (χ2n) is 5.75. The molecule has 0 aliphatic rings. The monoisotopic (exact) mass is 338 g/mol. The van der Waals surface area contributed by atoms with Crippen molar-refractivity contribution >= 4 is 11.9 Å². The van der Waals surface area contributed by atoms with Crippen molar-refractivity contribution in [3.05, 3.63) is 71.3 Å². The molecule has 2 aromatic carbocycles. The molecule has 0 spiro atoms. The average Bonchev–Trinajstić information content (AvgIpc) is 2.66. The minimum Gasteiger partial charge on any atom is -0.357 e. The number of carbonyl (C=O) groups excluding carboxylic acids is 1. The normalized spacial score (nSPS) is 12.4. The van der Waals surface area contributed by atoms with Gasteiger partial charge in [0.15, 0.2) is 5.96 Å². The van der Waals surface area contributed by atoms with Gasteiger partial charge in [-0.25, -0.2) is 4.99 Å². The van der Waals surface area contributed by atoms with Gasteiger partial charge in [0, 0.05) is 19.2 Å². The summed E-state index contributed by atoms with van der Waals surface area (Å²) in [5, 5.41) is 9.30. The number of nitrogens with zero attached hydrogens (tertiary/aromatic N) is 1. The van der Waals surface area contributed by atoms with Gasteiger partial charge in [-0.3, -0.25) is 4.79 Å². The Bertz CT molecular complexity index is 695. The fraction of sp³-hybridized carbons (Fsp3) is 0.300. The average molecular weight is 338 g/mol. The van der Waals surface area contributed by atoms with Gasteiger partial charge in [-0.15, -0.1) is 0 Å². The maximum atomic E-state index is 11.6. The van der Waals surface area contributed by atoms with Crippen LogP contribution in [0.3, 0.4) is 0 Å². The maximum Gasteiger partial charge on any atom is 0.251 e. The van der Waals surface area contributed by atoms with E-state index in [0.29, 0.717) is 12.1 Å². The third kappa shape index (κ3) is 5.64. The molecule has 3 N–H and O–H groups in total. The van der Waals surface area contributed by atoms with E-state index in [1.54, 1.807) is 7.05 Å². The molecule has 0 saturated carbocycles. The largest absolute Gasteiger partial charge is 0.357 e. The Morgan fingerprint density at radius 2 is 1.76 bits per heavy atom. The van der Waals surface area contributed by atoms with E-state index in [2.05, 4.69) is 40.0 Å². The van der Waals surface area contributed by atoms with Gasteiger partial charge >= 0.3 is 0 Å². The molecule has 0 heterocycles. The van der Waals surface area contributed by atoms with Crippen LogP contribution in [0.25, 0.3) is 0 Å². The minimum absolute atomic E-state index is 0.0817. The van der Waals surface area contributed by atoms with E-state index in [0.717, 1.165) is 18.1 Å². The van der Waals surface area contributed by atoms with Gasteiger partial charge in [0.25, 0.3) is 5.91 Å². The van der Waals surface area contributed by atoms with Crippen molar-refractivity contribution in [1.29, 1.82) is 0 Å². The van der Waals surface area contributed by atoms with Crippen molar-refractivity contribution in [1.82, 2.24) is 16.0 Å². The number of hydrogen-bond acceptors (Lipinski definition) is 2. The number of amides is 1. The molecule has 2 aromatic rings. The van der Waals surface area contributed by atoms with E-state index < -0.39 is 0 Å². The quantitative estimate of drug-likeness (QED) is 0.560. The van der Waals surface area contributed by atoms with Gasteiger partial charge in [-0.05, 0) is 37.1 Å². The minimum atomic E-state index is -0.0817. The predicted molar refractivity (Wildman–Crippen MR) is 103 cm³/mol. The number of guanidine groups is 1. The Balaban J connectivity index is 2.02. The Morgan fingerprint density at radius 1 is 1.08 bits per heavy atom. The maximum absolute atomic E-state index is 11.6. The van der Waals surface area contributed by atoms with Crippen LogP contribution in [0, 0.1) is 0 Å². The van der Waals surface area contributed by atoms with Crippen molar-refractivity contribution < 1.29 is 4.79 Å². The van der Waals surface area contributed by atoms with Crippen molar-refractivity contribution in [3.8, 4) is 0 Å². The number of rotatable bonds is 6. The van der Waals surface area contributed by atoms with Crippen molar-refractivity contribution in [2.24, 2.45) is 4.99 Å². The Hall–Kier alpha value is -2.82. The zero-order valence-electron chi connectivity index (χ0n) is 15.0. The molecule has 1 unspecified atom stereocenters. The molecule has 0 radical (unpaired) electrons. The van der Waals surface area contributed by atoms with Gasteiger partial charge < -0.3 is 16.0 Å². The molecule has 0 bridgehead atoms. The summed E-state index contributed by atoms with van der Waals surface area (Å²) in [5.41, 5.74) is 2.92. The molecule has 5 nitrogen and oxygen atoms in total. The lowest BCUT2D eigenvalue weighted by Gasteiger charge is -2.18. The van der Waals surface area contributed by atoms with Crippen molar-refractivity contribution in [3.63, 3.8) is 0 Å². The van der Waals surface area contributed by atoms with Gasteiger partial charge in [0.2, 0.25) is 0 Å². The third-order valence-electron chi connectivity index (χ3n) is 3.86. The summed E-state index contributed by atoms with van der Waals surface area (Å²) >= 11 is 0. The lowest BCUT2D eigenvalue weighted by molar-refractivity contribution is 0.0963. The van der Waals surface area contributed by atoms with Crippen LogP contribution in [0.1, 0.15) is 41.4 Å². The van der Waals surface area contributed by atoms with Crippen LogP contribution in [0.15, 0.2) is 59.6 Å². The molecule has 132 valence electrons. The molecule has 1 atom stereocenters. The van der Waals surface area contributed by atoms with Crippen molar-refractivity contribution in [2.75, 3.05) is 13.6 Å². The molecule has 5 heteroatoms. The number of aliphatic imine (C=N–C) groups is 1. The van der Waals surface area contributed by atoms with Gasteiger partial charge in [0.05, 0.1) is 12.6 Å². The lowest BCUT2D eigenvalue weighted by Crippen LogP contribution is -2.38. The molecule has 0 aromatic heterocycles. The summed E-state index contributed by atoms with van der Waals surface area (Å²) in [6, 6.07) is 17.9. The summed E-state index contributed by atoms with van der Waals surface area (Å²) in [5.74, 6) is 0.691. The molecule has 25 heavy (non-hydrogen) atoms. The third-order valence-corrected chi connectivity index (χ3v) is 3.86. The van der Waals surface area contributed by atoms with Gasteiger partial charge in [0.1, 0.15) is 0 Å².